The Morgan fingerprint density at radius 3 is 2.25 bits per heavy atom. The van der Waals surface area contributed by atoms with Crippen LogP contribution in [0.15, 0.2) is 30.3 Å². The average Bonchev–Trinajstić information content (AvgIpc) is 3.19. The van der Waals surface area contributed by atoms with Gasteiger partial charge in [0.15, 0.2) is 0 Å². The van der Waals surface area contributed by atoms with Crippen molar-refractivity contribution in [1.29, 1.82) is 0 Å². The normalized spacial score (nSPS) is 21.9. The first-order valence-corrected chi connectivity index (χ1v) is 12.3. The van der Waals surface area contributed by atoms with Gasteiger partial charge >= 0.3 is 6.36 Å². The van der Waals surface area contributed by atoms with E-state index in [0.29, 0.717) is 10.8 Å². The molecule has 1 saturated heterocycles. The number of rotatable bonds is 4. The molecule has 0 amide bonds. The van der Waals surface area contributed by atoms with E-state index < -0.39 is 6.36 Å². The van der Waals surface area contributed by atoms with Crippen LogP contribution in [0.3, 0.4) is 0 Å². The van der Waals surface area contributed by atoms with Crippen molar-refractivity contribution in [1.82, 2.24) is 5.32 Å². The van der Waals surface area contributed by atoms with Crippen LogP contribution >= 0.6 is 11.8 Å². The number of ether oxygens (including phenoxy) is 1. The first kappa shape index (κ1) is 23.5. The third-order valence-corrected chi connectivity index (χ3v) is 8.19. The van der Waals surface area contributed by atoms with Crippen molar-refractivity contribution in [2.24, 2.45) is 0 Å². The van der Waals surface area contributed by atoms with Gasteiger partial charge in [0.05, 0.1) is 0 Å². The fraction of sp³-hybridized carbons (Fsp3) is 0.538. The Balaban J connectivity index is 1.85. The maximum absolute atomic E-state index is 13.2. The highest BCUT2D eigenvalue weighted by molar-refractivity contribution is 8.00. The molecule has 2 aromatic rings. The van der Waals surface area contributed by atoms with Gasteiger partial charge in [-0.25, -0.2) is 0 Å². The van der Waals surface area contributed by atoms with Gasteiger partial charge in [-0.3, -0.25) is 0 Å². The van der Waals surface area contributed by atoms with Crippen molar-refractivity contribution in [2.45, 2.75) is 76.3 Å². The van der Waals surface area contributed by atoms with E-state index in [1.807, 2.05) is 24.8 Å². The van der Waals surface area contributed by atoms with E-state index in [1.165, 1.54) is 17.2 Å². The predicted octanol–water partition coefficient (Wildman–Crippen LogP) is 7.11. The number of benzene rings is 2. The summed E-state index contributed by atoms with van der Waals surface area (Å²) < 4.78 is 44.2. The van der Waals surface area contributed by atoms with Crippen LogP contribution in [0, 0.1) is 6.92 Å². The fourth-order valence-electron chi connectivity index (χ4n) is 4.99. The van der Waals surface area contributed by atoms with Crippen molar-refractivity contribution in [3.05, 3.63) is 52.6 Å². The predicted molar refractivity (Wildman–Crippen MR) is 127 cm³/mol. The maximum Gasteiger partial charge on any atom is 0.573 e. The van der Waals surface area contributed by atoms with Gasteiger partial charge in [-0.05, 0) is 83.0 Å². The zero-order valence-electron chi connectivity index (χ0n) is 19.5. The molecule has 1 aliphatic heterocycles. The van der Waals surface area contributed by atoms with E-state index >= 15 is 0 Å². The molecule has 32 heavy (non-hydrogen) atoms. The Labute approximate surface area is 193 Å². The molecule has 4 rings (SSSR count). The zero-order chi connectivity index (χ0) is 23.3. The Morgan fingerprint density at radius 1 is 1.00 bits per heavy atom. The van der Waals surface area contributed by atoms with Gasteiger partial charge in [0, 0.05) is 23.2 Å². The van der Waals surface area contributed by atoms with Crippen LogP contribution in [-0.2, 0) is 17.3 Å². The van der Waals surface area contributed by atoms with Crippen LogP contribution in [0.1, 0.15) is 62.8 Å². The number of thioether (sulfide) groups is 1. The maximum atomic E-state index is 13.2. The molecule has 1 fully saturated rings. The van der Waals surface area contributed by atoms with E-state index in [4.69, 9.17) is 0 Å². The van der Waals surface area contributed by atoms with Gasteiger partial charge in [-0.1, -0.05) is 39.8 Å². The molecule has 2 aliphatic rings. The van der Waals surface area contributed by atoms with E-state index in [2.05, 4.69) is 49.9 Å². The SMILES string of the molecule is Cc1cc2c(cc1-c1cc(CC3CNCS3)ccc1OC(F)(F)F)C(C)(C)CCC2(C)C. The molecule has 2 nitrogen and oxygen atoms in total. The Morgan fingerprint density at radius 2 is 1.66 bits per heavy atom. The van der Waals surface area contributed by atoms with Crippen LogP contribution in [-0.4, -0.2) is 24.0 Å². The second-order valence-electron chi connectivity index (χ2n) is 10.5. The molecule has 174 valence electrons. The van der Waals surface area contributed by atoms with Gasteiger partial charge in [0.1, 0.15) is 5.75 Å². The minimum absolute atomic E-state index is 0.0257. The van der Waals surface area contributed by atoms with Crippen LogP contribution in [0.2, 0.25) is 0 Å². The number of nitrogens with one attached hydrogen (secondary N) is 1. The first-order chi connectivity index (χ1) is 14.9. The van der Waals surface area contributed by atoms with Crippen LogP contribution in [0.25, 0.3) is 11.1 Å². The van der Waals surface area contributed by atoms with E-state index in [-0.39, 0.29) is 16.6 Å². The van der Waals surface area contributed by atoms with Gasteiger partial charge in [-0.2, -0.15) is 0 Å². The number of alkyl halides is 3. The highest BCUT2D eigenvalue weighted by atomic mass is 32.2. The number of hydrogen-bond acceptors (Lipinski definition) is 3. The second-order valence-corrected chi connectivity index (χ2v) is 11.7. The molecular weight excluding hydrogens is 431 g/mol. The van der Waals surface area contributed by atoms with Crippen molar-refractivity contribution < 1.29 is 17.9 Å². The molecule has 1 unspecified atom stereocenters. The first-order valence-electron chi connectivity index (χ1n) is 11.2. The van der Waals surface area contributed by atoms with Crippen molar-refractivity contribution >= 4 is 11.8 Å². The van der Waals surface area contributed by atoms with Crippen molar-refractivity contribution in [3.8, 4) is 16.9 Å². The zero-order valence-corrected chi connectivity index (χ0v) is 20.3. The molecule has 0 aromatic heterocycles. The second kappa shape index (κ2) is 8.28. The number of aryl methyl sites for hydroxylation is 1. The fourth-order valence-corrected chi connectivity index (χ4v) is 6.01. The molecule has 0 bridgehead atoms. The van der Waals surface area contributed by atoms with E-state index in [9.17, 15) is 13.2 Å². The summed E-state index contributed by atoms with van der Waals surface area (Å²) in [6.07, 6.45) is -1.77. The summed E-state index contributed by atoms with van der Waals surface area (Å²) in [6.45, 7) is 11.9. The van der Waals surface area contributed by atoms with Gasteiger partial charge in [-0.15, -0.1) is 24.9 Å². The quantitative estimate of drug-likeness (QED) is 0.522. The van der Waals surface area contributed by atoms with Crippen molar-refractivity contribution in [3.63, 3.8) is 0 Å². The number of fused-ring (bicyclic) bond motifs is 1. The lowest BCUT2D eigenvalue weighted by atomic mass is 9.62. The lowest BCUT2D eigenvalue weighted by molar-refractivity contribution is -0.274. The van der Waals surface area contributed by atoms with Crippen LogP contribution < -0.4 is 10.1 Å². The van der Waals surface area contributed by atoms with E-state index in [0.717, 1.165) is 48.4 Å². The standard InChI is InChI=1S/C26H32F3NOS/c1-16-10-21-22(25(4,5)9-8-24(21,2)3)13-19(16)20-12-17(11-18-14-30-15-32-18)6-7-23(20)31-26(27,28)29/h6-7,10,12-13,18,30H,8-9,11,14-15H2,1-5H3. The number of halogens is 3. The lowest BCUT2D eigenvalue weighted by Crippen LogP contribution is -2.34. The highest BCUT2D eigenvalue weighted by Crippen LogP contribution is 2.48. The monoisotopic (exact) mass is 463 g/mol. The highest BCUT2D eigenvalue weighted by Gasteiger charge is 2.38. The average molecular weight is 464 g/mol. The largest absolute Gasteiger partial charge is 0.573 e. The van der Waals surface area contributed by atoms with Crippen LogP contribution in [0.5, 0.6) is 5.75 Å². The summed E-state index contributed by atoms with van der Waals surface area (Å²) in [7, 11) is 0. The molecule has 1 heterocycles. The topological polar surface area (TPSA) is 21.3 Å². The molecule has 0 radical (unpaired) electrons. The van der Waals surface area contributed by atoms with Gasteiger partial charge in [0.25, 0.3) is 0 Å². The summed E-state index contributed by atoms with van der Waals surface area (Å²) in [6, 6.07) is 9.46. The molecule has 1 atom stereocenters. The molecule has 1 aliphatic carbocycles. The molecule has 0 spiro atoms. The summed E-state index contributed by atoms with van der Waals surface area (Å²) in [5.41, 5.74) is 5.92. The summed E-state index contributed by atoms with van der Waals surface area (Å²) in [5, 5.41) is 3.76. The molecule has 6 heteroatoms. The molecule has 2 aromatic carbocycles. The van der Waals surface area contributed by atoms with Gasteiger partial charge < -0.3 is 10.1 Å². The Hall–Kier alpha value is -1.66. The third-order valence-electron chi connectivity index (χ3n) is 7.01. The molecular formula is C26H32F3NOS. The van der Waals surface area contributed by atoms with Crippen LogP contribution in [0.4, 0.5) is 13.2 Å². The summed E-state index contributed by atoms with van der Waals surface area (Å²) in [5.74, 6) is 0.788. The van der Waals surface area contributed by atoms with Gasteiger partial charge in [0.2, 0.25) is 0 Å². The molecule has 1 N–H and O–H groups in total. The summed E-state index contributed by atoms with van der Waals surface area (Å²) in [4.78, 5) is 0. The van der Waals surface area contributed by atoms with Crippen molar-refractivity contribution in [2.75, 3.05) is 12.4 Å². The minimum atomic E-state index is -4.73. The Kier molecular flexibility index (Phi) is 6.08. The minimum Gasteiger partial charge on any atom is -0.405 e. The van der Waals surface area contributed by atoms with E-state index in [1.54, 1.807) is 6.07 Å². The number of hydrogen-bond donors (Lipinski definition) is 1. The smallest absolute Gasteiger partial charge is 0.405 e. The third kappa shape index (κ3) is 4.81. The lowest BCUT2D eigenvalue weighted by Gasteiger charge is -2.42. The Bertz CT molecular complexity index is 1010. The summed E-state index contributed by atoms with van der Waals surface area (Å²) >= 11 is 1.85. The molecule has 0 saturated carbocycles.